The van der Waals surface area contributed by atoms with Crippen LogP contribution in [0.25, 0.3) is 11.2 Å². The number of nitrogen functional groups attached to an aromatic ring is 1. The zero-order valence-corrected chi connectivity index (χ0v) is 18.6. The first-order valence-corrected chi connectivity index (χ1v) is 13.2. The fraction of sp³-hybridized carbons (Fsp3) is 0.583. The van der Waals surface area contributed by atoms with Crippen molar-refractivity contribution in [2.75, 3.05) is 12.3 Å². The van der Waals surface area contributed by atoms with E-state index in [0.29, 0.717) is 24.1 Å². The van der Waals surface area contributed by atoms with Crippen LogP contribution in [0.3, 0.4) is 0 Å². The third kappa shape index (κ3) is 6.60. The van der Waals surface area contributed by atoms with Gasteiger partial charge in [-0.05, 0) is 12.3 Å². The summed E-state index contributed by atoms with van der Waals surface area (Å²) in [4.78, 5) is 48.0. The molecule has 1 saturated heterocycles. The number of aromatic nitrogens is 4. The Hall–Kier alpha value is -1.28. The third-order valence-corrected chi connectivity index (χ3v) is 8.27. The van der Waals surface area contributed by atoms with E-state index in [2.05, 4.69) is 33.4 Å². The number of rotatable bonds is 9. The van der Waals surface area contributed by atoms with Crippen molar-refractivity contribution in [3.05, 3.63) is 12.7 Å². The number of fused-ring (bicyclic) bond motifs is 1. The molecule has 0 aliphatic carbocycles. The van der Waals surface area contributed by atoms with Crippen molar-refractivity contribution in [2.45, 2.75) is 32.0 Å². The van der Waals surface area contributed by atoms with Crippen molar-refractivity contribution < 1.29 is 46.4 Å². The van der Waals surface area contributed by atoms with E-state index in [1.165, 1.54) is 6.33 Å². The molecule has 5 atom stereocenters. The lowest BCUT2D eigenvalue weighted by molar-refractivity contribution is 0.161. The molecule has 3 heterocycles. The van der Waals surface area contributed by atoms with Gasteiger partial charge in [0.1, 0.15) is 11.8 Å². The van der Waals surface area contributed by atoms with E-state index in [1.54, 1.807) is 10.9 Å². The van der Waals surface area contributed by atoms with Gasteiger partial charge >= 0.3 is 23.5 Å². The number of phosphoric acid groups is 3. The van der Waals surface area contributed by atoms with Crippen molar-refractivity contribution in [3.63, 3.8) is 0 Å². The third-order valence-electron chi connectivity index (χ3n) is 4.47. The van der Waals surface area contributed by atoms with E-state index in [0.717, 1.165) is 0 Å². The van der Waals surface area contributed by atoms with Crippen LogP contribution in [0.2, 0.25) is 0 Å². The van der Waals surface area contributed by atoms with Gasteiger partial charge in [0.25, 0.3) is 0 Å². The molecule has 0 amide bonds. The number of nitrogens with zero attached hydrogens (tertiary/aromatic N) is 4. The quantitative estimate of drug-likeness (QED) is 0.249. The minimum atomic E-state index is -5.54. The molecule has 0 aromatic carbocycles. The van der Waals surface area contributed by atoms with Crippen LogP contribution in [0.5, 0.6) is 0 Å². The molecular formula is C12H21N6O10P3. The lowest BCUT2D eigenvalue weighted by atomic mass is 10.0. The Balaban J connectivity index is 1.57. The lowest BCUT2D eigenvalue weighted by Gasteiger charge is -2.19. The predicted octanol–water partition coefficient (Wildman–Crippen LogP) is 0.118. The van der Waals surface area contributed by atoms with Crippen molar-refractivity contribution in [1.29, 1.82) is 0 Å². The largest absolute Gasteiger partial charge is 0.490 e. The highest BCUT2D eigenvalue weighted by molar-refractivity contribution is 7.66. The van der Waals surface area contributed by atoms with Gasteiger partial charge in [0.2, 0.25) is 0 Å². The molecule has 2 aromatic rings. The molecule has 0 saturated carbocycles. The summed E-state index contributed by atoms with van der Waals surface area (Å²) in [5.41, 5.74) is 6.80. The number of nitrogens with one attached hydrogen (secondary N) is 1. The van der Waals surface area contributed by atoms with E-state index in [4.69, 9.17) is 15.5 Å². The monoisotopic (exact) mass is 502 g/mol. The van der Waals surface area contributed by atoms with Crippen molar-refractivity contribution >= 4 is 40.4 Å². The van der Waals surface area contributed by atoms with E-state index in [-0.39, 0.29) is 24.4 Å². The summed E-state index contributed by atoms with van der Waals surface area (Å²) >= 11 is 0. The van der Waals surface area contributed by atoms with Crippen LogP contribution >= 0.6 is 23.5 Å². The molecule has 3 rings (SSSR count). The first kappa shape index (κ1) is 24.4. The van der Waals surface area contributed by atoms with Gasteiger partial charge < -0.3 is 35.2 Å². The molecule has 0 radical (unpaired) electrons. The molecule has 1 fully saturated rings. The fourth-order valence-electron chi connectivity index (χ4n) is 3.23. The van der Waals surface area contributed by atoms with Gasteiger partial charge in [-0.15, -0.1) is 0 Å². The van der Waals surface area contributed by atoms with E-state index in [1.807, 2.05) is 6.92 Å². The van der Waals surface area contributed by atoms with Gasteiger partial charge in [0.15, 0.2) is 11.5 Å². The first-order valence-electron chi connectivity index (χ1n) is 8.70. The molecule has 2 aromatic heterocycles. The molecule has 1 aliphatic rings. The van der Waals surface area contributed by atoms with Crippen LogP contribution in [0.15, 0.2) is 12.7 Å². The van der Waals surface area contributed by atoms with Gasteiger partial charge in [-0.1, -0.05) is 6.92 Å². The predicted molar refractivity (Wildman–Crippen MR) is 104 cm³/mol. The second kappa shape index (κ2) is 8.93. The summed E-state index contributed by atoms with van der Waals surface area (Å²) in [6.45, 7) is 2.02. The van der Waals surface area contributed by atoms with Crippen molar-refractivity contribution in [2.24, 2.45) is 5.92 Å². The second-order valence-corrected chi connectivity index (χ2v) is 11.3. The highest BCUT2D eigenvalue weighted by Crippen LogP contribution is 2.66. The number of hydrogen-bond acceptors (Lipinski definition) is 11. The second-order valence-electron chi connectivity index (χ2n) is 6.90. The summed E-state index contributed by atoms with van der Waals surface area (Å²) in [6.07, 6.45) is 3.43. The van der Waals surface area contributed by atoms with Crippen molar-refractivity contribution in [3.8, 4) is 0 Å². The van der Waals surface area contributed by atoms with Crippen LogP contribution in [0.4, 0.5) is 5.82 Å². The van der Waals surface area contributed by atoms with Crippen LogP contribution in [0.1, 0.15) is 13.3 Å². The zero-order valence-electron chi connectivity index (χ0n) is 16.0. The van der Waals surface area contributed by atoms with Crippen LogP contribution in [-0.4, -0.2) is 57.8 Å². The first-order chi connectivity index (χ1) is 14.2. The maximum absolute atomic E-state index is 11.8. The maximum atomic E-state index is 11.8. The number of anilines is 1. The molecule has 31 heavy (non-hydrogen) atoms. The molecule has 0 spiro atoms. The Morgan fingerprint density at radius 3 is 2.55 bits per heavy atom. The van der Waals surface area contributed by atoms with Gasteiger partial charge in [0.05, 0.1) is 12.9 Å². The highest BCUT2D eigenvalue weighted by Gasteiger charge is 2.41. The van der Waals surface area contributed by atoms with Gasteiger partial charge in [-0.2, -0.15) is 8.62 Å². The summed E-state index contributed by atoms with van der Waals surface area (Å²) in [5, 5.41) is 3.21. The van der Waals surface area contributed by atoms with E-state index in [9.17, 15) is 23.5 Å². The molecule has 0 bridgehead atoms. The summed E-state index contributed by atoms with van der Waals surface area (Å²) in [7, 11) is -16.1. The van der Waals surface area contributed by atoms with E-state index >= 15 is 0 Å². The Labute approximate surface area is 175 Å². The molecule has 19 heteroatoms. The Morgan fingerprint density at radius 1 is 1.16 bits per heavy atom. The van der Waals surface area contributed by atoms with Gasteiger partial charge in [-0.25, -0.2) is 28.6 Å². The minimum Gasteiger partial charge on any atom is -0.382 e. The van der Waals surface area contributed by atoms with Crippen molar-refractivity contribution in [1.82, 2.24) is 24.8 Å². The molecule has 174 valence electrons. The van der Waals surface area contributed by atoms with Gasteiger partial charge in [-0.3, -0.25) is 4.52 Å². The number of hydrogen-bond donors (Lipinski definition) is 6. The topological polar surface area (TPSA) is 241 Å². The van der Waals surface area contributed by atoms with Gasteiger partial charge in [0, 0.05) is 18.6 Å². The molecular weight excluding hydrogens is 481 g/mol. The highest BCUT2D eigenvalue weighted by atomic mass is 31.3. The Kier molecular flexibility index (Phi) is 7.02. The molecule has 7 N–H and O–H groups in total. The summed E-state index contributed by atoms with van der Waals surface area (Å²) in [6, 6.07) is -0.512. The number of phosphoric ester groups is 1. The lowest BCUT2D eigenvalue weighted by Crippen LogP contribution is -2.36. The normalized spacial score (nSPS) is 26.0. The SMILES string of the molecule is C[C@H]1C[C@@H](COP(=O)(O)OP(=O)(O)OP(=O)(O)O)N[C@H]1Cn1cnc2c(N)ncnc21. The maximum Gasteiger partial charge on any atom is 0.490 e. The Bertz CT molecular complexity index is 1090. The summed E-state index contributed by atoms with van der Waals surface area (Å²) in [5.74, 6) is 0.358. The number of imidazole rings is 1. The zero-order chi connectivity index (χ0) is 23.0. The van der Waals surface area contributed by atoms with Crippen LogP contribution in [-0.2, 0) is 33.4 Å². The average molecular weight is 502 g/mol. The fourth-order valence-corrected chi connectivity index (χ4v) is 6.29. The smallest absolute Gasteiger partial charge is 0.382 e. The minimum absolute atomic E-state index is 0.0943. The molecule has 1 aliphatic heterocycles. The molecule has 2 unspecified atom stereocenters. The van der Waals surface area contributed by atoms with Crippen LogP contribution in [0, 0.1) is 5.92 Å². The van der Waals surface area contributed by atoms with E-state index < -0.39 is 29.5 Å². The van der Waals surface area contributed by atoms with Crippen LogP contribution < -0.4 is 11.1 Å². The number of nitrogens with two attached hydrogens (primary N) is 1. The summed E-state index contributed by atoms with van der Waals surface area (Å²) < 4.78 is 47.7. The standard InChI is InChI=1S/C12H21N6O10P3/c1-7-2-8(4-26-30(22,23)28-31(24,25)27-29(19,20)21)17-9(7)3-18-6-16-10-11(13)14-5-15-12(10)18/h5-9,17H,2-4H2,1H3,(H,22,23)(H,24,25)(H2,13,14,15)(H2,19,20,21)/t7-,8-,9-/m0/s1. The average Bonchev–Trinajstić information content (AvgIpc) is 3.15. The Morgan fingerprint density at radius 2 is 1.87 bits per heavy atom. The molecule has 16 nitrogen and oxygen atoms in total.